The molecule has 0 bridgehead atoms. The van der Waals surface area contributed by atoms with Crippen molar-refractivity contribution < 1.29 is 18.4 Å². The molecule has 0 aliphatic heterocycles. The first-order chi connectivity index (χ1) is 13.3. The number of thioether (sulfide) groups is 1. The van der Waals surface area contributed by atoms with Crippen molar-refractivity contribution in [2.75, 3.05) is 34.1 Å². The molecule has 0 aliphatic carbocycles. The van der Waals surface area contributed by atoms with Crippen LogP contribution in [0.15, 0.2) is 42.5 Å². The van der Waals surface area contributed by atoms with E-state index in [1.165, 1.54) is 30.3 Å². The maximum absolute atomic E-state index is 14.2. The molecule has 0 atom stereocenters. The number of rotatable bonds is 8. The zero-order chi connectivity index (χ0) is 20.7. The molecule has 0 fully saturated rings. The molecule has 2 rings (SSSR count). The van der Waals surface area contributed by atoms with Crippen LogP contribution in [-0.4, -0.2) is 36.4 Å². The molecule has 150 valence electrons. The van der Waals surface area contributed by atoms with Crippen LogP contribution in [0.1, 0.15) is 13.8 Å². The van der Waals surface area contributed by atoms with Crippen LogP contribution in [0, 0.1) is 11.6 Å². The summed E-state index contributed by atoms with van der Waals surface area (Å²) in [6, 6.07) is 10.1. The van der Waals surface area contributed by atoms with E-state index in [1.54, 1.807) is 24.1 Å². The molecular weight excluding hydrogens is 384 g/mol. The van der Waals surface area contributed by atoms with Gasteiger partial charge in [-0.3, -0.25) is 9.59 Å². The van der Waals surface area contributed by atoms with E-state index in [1.807, 2.05) is 13.8 Å². The average molecular weight is 407 g/mol. The van der Waals surface area contributed by atoms with E-state index < -0.39 is 5.82 Å². The number of halogens is 2. The van der Waals surface area contributed by atoms with Gasteiger partial charge >= 0.3 is 0 Å². The fourth-order valence-electron chi connectivity index (χ4n) is 2.31. The topological polar surface area (TPSA) is 61.4 Å². The second-order valence-corrected chi connectivity index (χ2v) is 7.45. The minimum Gasteiger partial charge on any atom is -0.370 e. The third kappa shape index (κ3) is 6.53. The summed E-state index contributed by atoms with van der Waals surface area (Å²) in [7, 11) is 1.80. The monoisotopic (exact) mass is 407 g/mol. The number of amides is 2. The van der Waals surface area contributed by atoms with Crippen LogP contribution in [-0.2, 0) is 9.59 Å². The van der Waals surface area contributed by atoms with E-state index in [2.05, 4.69) is 10.6 Å². The lowest BCUT2D eigenvalue weighted by atomic mass is 10.2. The quantitative estimate of drug-likeness (QED) is 0.691. The molecule has 0 radical (unpaired) electrons. The van der Waals surface area contributed by atoms with Crippen molar-refractivity contribution in [2.24, 2.45) is 0 Å². The van der Waals surface area contributed by atoms with Crippen LogP contribution in [0.3, 0.4) is 0 Å². The predicted molar refractivity (Wildman–Crippen MR) is 111 cm³/mol. The number of nitrogens with zero attached hydrogens (tertiary/aromatic N) is 1. The number of nitrogens with one attached hydrogen (secondary N) is 2. The molecule has 2 aromatic rings. The van der Waals surface area contributed by atoms with Gasteiger partial charge in [0.25, 0.3) is 0 Å². The normalized spacial score (nSPS) is 10.6. The van der Waals surface area contributed by atoms with Crippen molar-refractivity contribution in [3.8, 4) is 0 Å². The second-order valence-electron chi connectivity index (χ2n) is 6.47. The molecule has 2 aromatic carbocycles. The van der Waals surface area contributed by atoms with Gasteiger partial charge in [-0.05, 0) is 56.3 Å². The van der Waals surface area contributed by atoms with Gasteiger partial charge in [-0.25, -0.2) is 8.78 Å². The van der Waals surface area contributed by atoms with Crippen LogP contribution in [0.2, 0.25) is 0 Å². The highest BCUT2D eigenvalue weighted by molar-refractivity contribution is 8.00. The summed E-state index contributed by atoms with van der Waals surface area (Å²) in [4.78, 5) is 25.6. The smallest absolute Gasteiger partial charge is 0.234 e. The standard InChI is InChI=1S/C20H23F2N3O2S/c1-13(2)25(3)18-9-8-16(10-17(18)22)24-20(27)12-28-11-19(26)23-15-6-4-14(21)5-7-15/h4-10,13H,11-12H2,1-3H3,(H,23,26)(H,24,27). The molecule has 0 heterocycles. The zero-order valence-corrected chi connectivity index (χ0v) is 16.8. The van der Waals surface area contributed by atoms with Crippen molar-refractivity contribution in [3.05, 3.63) is 54.1 Å². The Hall–Kier alpha value is -2.61. The molecule has 0 spiro atoms. The molecule has 0 aromatic heterocycles. The Morgan fingerprint density at radius 1 is 0.964 bits per heavy atom. The highest BCUT2D eigenvalue weighted by Crippen LogP contribution is 2.23. The lowest BCUT2D eigenvalue weighted by Crippen LogP contribution is -2.26. The lowest BCUT2D eigenvalue weighted by Gasteiger charge is -2.24. The van der Waals surface area contributed by atoms with Crippen LogP contribution in [0.5, 0.6) is 0 Å². The number of carbonyl (C=O) groups is 2. The van der Waals surface area contributed by atoms with Crippen LogP contribution in [0.25, 0.3) is 0 Å². The van der Waals surface area contributed by atoms with Gasteiger partial charge in [-0.1, -0.05) is 0 Å². The minimum atomic E-state index is -0.416. The van der Waals surface area contributed by atoms with Gasteiger partial charge < -0.3 is 15.5 Å². The number of hydrogen-bond acceptors (Lipinski definition) is 4. The number of anilines is 3. The maximum atomic E-state index is 14.2. The Morgan fingerprint density at radius 3 is 2.04 bits per heavy atom. The first kappa shape index (κ1) is 21.7. The lowest BCUT2D eigenvalue weighted by molar-refractivity contribution is -0.114. The van der Waals surface area contributed by atoms with E-state index in [0.29, 0.717) is 17.1 Å². The Balaban J connectivity index is 1.78. The Morgan fingerprint density at radius 2 is 1.50 bits per heavy atom. The molecule has 28 heavy (non-hydrogen) atoms. The van der Waals surface area contributed by atoms with Crippen molar-refractivity contribution >= 4 is 40.6 Å². The Labute approximate surface area is 167 Å². The van der Waals surface area contributed by atoms with Gasteiger partial charge in [0.1, 0.15) is 11.6 Å². The van der Waals surface area contributed by atoms with Crippen LogP contribution in [0.4, 0.5) is 25.8 Å². The third-order valence-electron chi connectivity index (χ3n) is 3.98. The molecule has 0 saturated carbocycles. The summed E-state index contributed by atoms with van der Waals surface area (Å²) in [5, 5.41) is 5.23. The van der Waals surface area contributed by atoms with Gasteiger partial charge in [-0.15, -0.1) is 11.8 Å². The van der Waals surface area contributed by atoms with E-state index in [9.17, 15) is 18.4 Å². The molecule has 0 saturated heterocycles. The van der Waals surface area contributed by atoms with Gasteiger partial charge in [0.15, 0.2) is 0 Å². The summed E-state index contributed by atoms with van der Waals surface area (Å²) >= 11 is 1.13. The Bertz CT molecular complexity index is 829. The maximum Gasteiger partial charge on any atom is 0.234 e. The molecule has 2 amide bonds. The van der Waals surface area contributed by atoms with Gasteiger partial charge in [0, 0.05) is 24.5 Å². The molecule has 5 nitrogen and oxygen atoms in total. The fourth-order valence-corrected chi connectivity index (χ4v) is 2.93. The Kier molecular flexibility index (Phi) is 7.80. The van der Waals surface area contributed by atoms with Gasteiger partial charge in [0.05, 0.1) is 17.2 Å². The van der Waals surface area contributed by atoms with E-state index in [4.69, 9.17) is 0 Å². The van der Waals surface area contributed by atoms with Crippen molar-refractivity contribution in [3.63, 3.8) is 0 Å². The summed E-state index contributed by atoms with van der Waals surface area (Å²) in [5.74, 6) is -1.31. The van der Waals surface area contributed by atoms with Crippen molar-refractivity contribution in [2.45, 2.75) is 19.9 Å². The first-order valence-electron chi connectivity index (χ1n) is 8.71. The highest BCUT2D eigenvalue weighted by Gasteiger charge is 2.12. The number of carbonyl (C=O) groups excluding carboxylic acids is 2. The fraction of sp³-hybridized carbons (Fsp3) is 0.300. The SMILES string of the molecule is CC(C)N(C)c1ccc(NC(=O)CSCC(=O)Nc2ccc(F)cc2)cc1F. The molecule has 0 aliphatic rings. The average Bonchev–Trinajstić information content (AvgIpc) is 2.63. The number of benzene rings is 2. The van der Waals surface area contributed by atoms with Crippen LogP contribution < -0.4 is 15.5 Å². The predicted octanol–water partition coefficient (Wildman–Crippen LogP) is 4.12. The molecular formula is C20H23F2N3O2S. The minimum absolute atomic E-state index is 0.0477. The molecule has 2 N–H and O–H groups in total. The summed E-state index contributed by atoms with van der Waals surface area (Å²) in [5.41, 5.74) is 1.30. The summed E-state index contributed by atoms with van der Waals surface area (Å²) in [6.45, 7) is 3.91. The third-order valence-corrected chi connectivity index (χ3v) is 4.91. The number of hydrogen-bond donors (Lipinski definition) is 2. The van der Waals surface area contributed by atoms with E-state index in [-0.39, 0.29) is 35.2 Å². The second kappa shape index (κ2) is 10.1. The van der Waals surface area contributed by atoms with Crippen LogP contribution >= 0.6 is 11.8 Å². The molecule has 0 unspecified atom stereocenters. The largest absolute Gasteiger partial charge is 0.370 e. The zero-order valence-electron chi connectivity index (χ0n) is 16.0. The van der Waals surface area contributed by atoms with Gasteiger partial charge in [0.2, 0.25) is 11.8 Å². The summed E-state index contributed by atoms with van der Waals surface area (Å²) < 4.78 is 27.1. The van der Waals surface area contributed by atoms with Crippen molar-refractivity contribution in [1.82, 2.24) is 0 Å². The van der Waals surface area contributed by atoms with Gasteiger partial charge in [-0.2, -0.15) is 0 Å². The summed E-state index contributed by atoms with van der Waals surface area (Å²) in [6.07, 6.45) is 0. The van der Waals surface area contributed by atoms with E-state index in [0.717, 1.165) is 11.8 Å². The molecule has 8 heteroatoms. The first-order valence-corrected chi connectivity index (χ1v) is 9.87. The van der Waals surface area contributed by atoms with E-state index >= 15 is 0 Å². The highest BCUT2D eigenvalue weighted by atomic mass is 32.2. The van der Waals surface area contributed by atoms with Crippen molar-refractivity contribution in [1.29, 1.82) is 0 Å².